The molecule has 0 bridgehead atoms. The van der Waals surface area contributed by atoms with Gasteiger partial charge in [0.15, 0.2) is 10.7 Å². The summed E-state index contributed by atoms with van der Waals surface area (Å²) in [5, 5.41) is 11.0. The number of hydrogen-bond donors (Lipinski definition) is 0. The highest BCUT2D eigenvalue weighted by atomic mass is 32.2. The molecule has 0 amide bonds. The van der Waals surface area contributed by atoms with Crippen molar-refractivity contribution >= 4 is 27.2 Å². The first-order chi connectivity index (χ1) is 10.2. The Hall–Kier alpha value is -2.61. The molecule has 1 aromatic carbocycles. The zero-order valence-corrected chi connectivity index (χ0v) is 12.6. The van der Waals surface area contributed by atoms with E-state index >= 15 is 0 Å². The van der Waals surface area contributed by atoms with E-state index in [9.17, 15) is 23.3 Å². The highest BCUT2D eigenvalue weighted by molar-refractivity contribution is 7.90. The van der Waals surface area contributed by atoms with Gasteiger partial charge in [-0.05, 0) is 43.2 Å². The number of carbonyl (C=O) groups is 1. The van der Waals surface area contributed by atoms with Crippen molar-refractivity contribution < 1.29 is 18.1 Å². The van der Waals surface area contributed by atoms with Gasteiger partial charge in [-0.15, -0.1) is 0 Å². The lowest BCUT2D eigenvalue weighted by Crippen LogP contribution is -2.14. The van der Waals surface area contributed by atoms with Crippen molar-refractivity contribution in [2.24, 2.45) is 4.40 Å². The smallest absolute Gasteiger partial charge is 0.289 e. The second-order valence-electron chi connectivity index (χ2n) is 4.70. The van der Waals surface area contributed by atoms with Crippen LogP contribution in [0.25, 0.3) is 0 Å². The summed E-state index contributed by atoms with van der Waals surface area (Å²) in [4.78, 5) is 21.1. The van der Waals surface area contributed by atoms with Crippen molar-refractivity contribution in [3.05, 3.63) is 57.7 Å². The first-order valence-electron chi connectivity index (χ1n) is 6.22. The van der Waals surface area contributed by atoms with E-state index in [1.54, 1.807) is 13.8 Å². The molecule has 0 atom stereocenters. The molecule has 0 N–H and O–H groups in total. The topological polar surface area (TPSA) is 107 Å². The Morgan fingerprint density at radius 1 is 1.09 bits per heavy atom. The zero-order valence-electron chi connectivity index (χ0n) is 11.8. The van der Waals surface area contributed by atoms with Gasteiger partial charge < -0.3 is 0 Å². The SMILES string of the molecule is CC1=CC(=O)C=C(C)C1=NS(=O)(=O)c1ccccc1[N+](=O)[O-]. The van der Waals surface area contributed by atoms with Crippen molar-refractivity contribution in [3.8, 4) is 0 Å². The fraction of sp³-hybridized carbons (Fsp3) is 0.143. The van der Waals surface area contributed by atoms with E-state index in [0.29, 0.717) is 11.1 Å². The Labute approximate surface area is 126 Å². The molecule has 22 heavy (non-hydrogen) atoms. The van der Waals surface area contributed by atoms with Crippen molar-refractivity contribution in [1.82, 2.24) is 0 Å². The monoisotopic (exact) mass is 320 g/mol. The van der Waals surface area contributed by atoms with Crippen LogP contribution in [0.2, 0.25) is 0 Å². The Morgan fingerprint density at radius 3 is 2.18 bits per heavy atom. The quantitative estimate of drug-likeness (QED) is 0.482. The lowest BCUT2D eigenvalue weighted by molar-refractivity contribution is -0.387. The largest absolute Gasteiger partial charge is 0.290 e. The van der Waals surface area contributed by atoms with Gasteiger partial charge in [0, 0.05) is 6.07 Å². The van der Waals surface area contributed by atoms with Crippen LogP contribution in [0.1, 0.15) is 13.8 Å². The van der Waals surface area contributed by atoms with Gasteiger partial charge in [-0.2, -0.15) is 12.8 Å². The summed E-state index contributed by atoms with van der Waals surface area (Å²) in [5.74, 6) is -0.253. The van der Waals surface area contributed by atoms with E-state index in [0.717, 1.165) is 12.1 Å². The number of ketones is 1. The first-order valence-corrected chi connectivity index (χ1v) is 7.66. The minimum Gasteiger partial charge on any atom is -0.290 e. The molecular formula is C14H12N2O5S. The third-order valence-corrected chi connectivity index (χ3v) is 4.34. The normalized spacial score (nSPS) is 15.2. The Kier molecular flexibility index (Phi) is 4.05. The molecule has 8 heteroatoms. The number of nitrogens with zero attached hydrogens (tertiary/aromatic N) is 2. The minimum atomic E-state index is -4.27. The van der Waals surface area contributed by atoms with Crippen molar-refractivity contribution in [1.29, 1.82) is 0 Å². The zero-order chi connectivity index (χ0) is 16.5. The second kappa shape index (κ2) is 5.64. The molecule has 1 aromatic rings. The van der Waals surface area contributed by atoms with E-state index in [-0.39, 0.29) is 11.5 Å². The number of rotatable bonds is 3. The fourth-order valence-electron chi connectivity index (χ4n) is 2.06. The Balaban J connectivity index is 2.61. The highest BCUT2D eigenvalue weighted by Crippen LogP contribution is 2.26. The van der Waals surface area contributed by atoms with Crippen LogP contribution >= 0.6 is 0 Å². The van der Waals surface area contributed by atoms with Crippen LogP contribution in [0.15, 0.2) is 56.9 Å². The maximum absolute atomic E-state index is 12.4. The number of sulfonamides is 1. The molecular weight excluding hydrogens is 308 g/mol. The van der Waals surface area contributed by atoms with Crippen LogP contribution in [0.5, 0.6) is 0 Å². The number of hydrogen-bond acceptors (Lipinski definition) is 5. The van der Waals surface area contributed by atoms with Gasteiger partial charge >= 0.3 is 0 Å². The predicted octanol–water partition coefficient (Wildman–Crippen LogP) is 2.20. The van der Waals surface area contributed by atoms with E-state index in [1.165, 1.54) is 24.3 Å². The standard InChI is InChI=1S/C14H12N2O5S/c1-9-7-11(17)8-10(2)14(9)15-22(20,21)13-6-4-3-5-12(13)16(18)19/h3-8H,1-2H3. The van der Waals surface area contributed by atoms with Gasteiger partial charge in [-0.25, -0.2) is 0 Å². The van der Waals surface area contributed by atoms with E-state index < -0.39 is 25.5 Å². The van der Waals surface area contributed by atoms with Crippen LogP contribution in [0.4, 0.5) is 5.69 Å². The summed E-state index contributed by atoms with van der Waals surface area (Å²) in [5.41, 5.74) is 0.374. The maximum atomic E-state index is 12.4. The lowest BCUT2D eigenvalue weighted by atomic mass is 9.98. The summed E-state index contributed by atoms with van der Waals surface area (Å²) in [6.45, 7) is 3.12. The summed E-state index contributed by atoms with van der Waals surface area (Å²) >= 11 is 0. The number of nitro benzene ring substituents is 1. The number of nitro groups is 1. The molecule has 0 saturated heterocycles. The molecule has 0 spiro atoms. The van der Waals surface area contributed by atoms with Crippen LogP contribution in [-0.2, 0) is 14.8 Å². The fourth-order valence-corrected chi connectivity index (χ4v) is 3.34. The highest BCUT2D eigenvalue weighted by Gasteiger charge is 2.26. The number of benzene rings is 1. The van der Waals surface area contributed by atoms with Gasteiger partial charge in [-0.1, -0.05) is 12.1 Å². The third-order valence-electron chi connectivity index (χ3n) is 3.02. The lowest BCUT2D eigenvalue weighted by Gasteiger charge is -2.11. The Morgan fingerprint density at radius 2 is 1.64 bits per heavy atom. The average molecular weight is 320 g/mol. The minimum absolute atomic E-state index is 0.123. The second-order valence-corrected chi connectivity index (χ2v) is 6.27. The van der Waals surface area contributed by atoms with Crippen molar-refractivity contribution in [3.63, 3.8) is 0 Å². The van der Waals surface area contributed by atoms with Gasteiger partial charge in [0.05, 0.1) is 10.6 Å². The summed E-state index contributed by atoms with van der Waals surface area (Å²) in [6.07, 6.45) is 2.53. The van der Waals surface area contributed by atoms with Gasteiger partial charge in [0.25, 0.3) is 15.7 Å². The molecule has 0 fully saturated rings. The summed E-state index contributed by atoms with van der Waals surface area (Å²) < 4.78 is 28.4. The molecule has 1 aliphatic rings. The van der Waals surface area contributed by atoms with Gasteiger partial charge in [0.1, 0.15) is 0 Å². The molecule has 0 aliphatic heterocycles. The van der Waals surface area contributed by atoms with Crippen LogP contribution in [0.3, 0.4) is 0 Å². The Bertz CT molecular complexity index is 839. The van der Waals surface area contributed by atoms with Crippen molar-refractivity contribution in [2.45, 2.75) is 18.7 Å². The molecule has 0 heterocycles. The van der Waals surface area contributed by atoms with Crippen LogP contribution < -0.4 is 0 Å². The van der Waals surface area contributed by atoms with Crippen molar-refractivity contribution in [2.75, 3.05) is 0 Å². The van der Waals surface area contributed by atoms with Crippen LogP contribution in [0, 0.1) is 10.1 Å². The number of allylic oxidation sites excluding steroid dienone is 4. The van der Waals surface area contributed by atoms with Gasteiger partial charge in [0.2, 0.25) is 0 Å². The van der Waals surface area contributed by atoms with Gasteiger partial charge in [-0.3, -0.25) is 14.9 Å². The molecule has 0 radical (unpaired) electrons. The summed E-state index contributed by atoms with van der Waals surface area (Å²) in [6, 6.07) is 4.99. The first kappa shape index (κ1) is 15.8. The van der Waals surface area contributed by atoms with E-state index in [2.05, 4.69) is 4.40 Å². The third kappa shape index (κ3) is 3.01. The molecule has 0 aromatic heterocycles. The van der Waals surface area contributed by atoms with Crippen LogP contribution in [-0.4, -0.2) is 24.8 Å². The number of para-hydroxylation sites is 1. The molecule has 114 valence electrons. The molecule has 0 saturated carbocycles. The average Bonchev–Trinajstić information content (AvgIpc) is 2.43. The maximum Gasteiger partial charge on any atom is 0.289 e. The molecule has 7 nitrogen and oxygen atoms in total. The van der Waals surface area contributed by atoms with E-state index in [4.69, 9.17) is 0 Å². The van der Waals surface area contributed by atoms with E-state index in [1.807, 2.05) is 0 Å². The molecule has 2 rings (SSSR count). The predicted molar refractivity (Wildman–Crippen MR) is 80.2 cm³/mol. The number of carbonyl (C=O) groups excluding carboxylic acids is 1. The molecule has 0 unspecified atom stereocenters. The molecule has 1 aliphatic carbocycles. The summed E-state index contributed by atoms with van der Waals surface area (Å²) in [7, 11) is -4.27.